The maximum atomic E-state index is 14.0. The second-order valence-electron chi connectivity index (χ2n) is 6.90. The molecule has 0 spiro atoms. The third kappa shape index (κ3) is 4.99. The number of halogens is 3. The van der Waals surface area contributed by atoms with Crippen molar-refractivity contribution < 1.29 is 52.3 Å². The van der Waals surface area contributed by atoms with Gasteiger partial charge in [0.1, 0.15) is 12.2 Å². The Morgan fingerprint density at radius 1 is 1.03 bits per heavy atom. The number of carbonyl (C=O) groups excluding carboxylic acids is 1. The number of alkyl halides is 3. The second-order valence-corrected chi connectivity index (χ2v) is 6.90. The van der Waals surface area contributed by atoms with E-state index in [9.17, 15) is 37.8 Å². The van der Waals surface area contributed by atoms with Gasteiger partial charge < -0.3 is 24.8 Å². The van der Waals surface area contributed by atoms with Crippen LogP contribution < -0.4 is 0 Å². The van der Waals surface area contributed by atoms with Gasteiger partial charge in [-0.2, -0.15) is 13.2 Å². The summed E-state index contributed by atoms with van der Waals surface area (Å²) in [4.78, 5) is 35.8. The monoisotopic (exact) mass is 450 g/mol. The molecule has 1 aromatic carbocycles. The number of carbonyl (C=O) groups is 3. The number of rotatable bonds is 11. The molecule has 0 aromatic heterocycles. The topological polar surface area (TPSA) is 130 Å². The fourth-order valence-corrected chi connectivity index (χ4v) is 3.45. The number of methoxy groups -OCH3 is 1. The maximum Gasteiger partial charge on any atom is 0.432 e. The molecular weight excluding hydrogens is 425 g/mol. The maximum absolute atomic E-state index is 14.0. The summed E-state index contributed by atoms with van der Waals surface area (Å²) < 4.78 is 51.5. The number of aliphatic hydroxyl groups excluding tert-OH is 1. The first-order valence-corrected chi connectivity index (χ1v) is 9.35. The van der Waals surface area contributed by atoms with Gasteiger partial charge in [-0.05, 0) is 12.8 Å². The SMILES string of the molecule is CCC(CC)(C(=O)O)C(O)C(CC(=O)O)OC(=O)C(OC)(c1ccccc1)C(F)(F)F. The van der Waals surface area contributed by atoms with E-state index in [0.717, 1.165) is 12.1 Å². The molecule has 0 heterocycles. The van der Waals surface area contributed by atoms with Gasteiger partial charge in [0.25, 0.3) is 5.60 Å². The first-order valence-electron chi connectivity index (χ1n) is 9.35. The van der Waals surface area contributed by atoms with Crippen LogP contribution in [0, 0.1) is 5.41 Å². The molecule has 8 nitrogen and oxygen atoms in total. The molecular formula is C20H25F3O8. The molecule has 174 valence electrons. The van der Waals surface area contributed by atoms with E-state index in [1.165, 1.54) is 32.0 Å². The number of benzene rings is 1. The van der Waals surface area contributed by atoms with Crippen molar-refractivity contribution in [2.24, 2.45) is 5.41 Å². The molecule has 3 unspecified atom stereocenters. The van der Waals surface area contributed by atoms with E-state index in [1.807, 2.05) is 0 Å². The molecule has 3 atom stereocenters. The van der Waals surface area contributed by atoms with Crippen LogP contribution in [0.5, 0.6) is 0 Å². The lowest BCUT2D eigenvalue weighted by molar-refractivity contribution is -0.280. The molecule has 1 rings (SSSR count). The van der Waals surface area contributed by atoms with Gasteiger partial charge >= 0.3 is 24.1 Å². The van der Waals surface area contributed by atoms with Crippen molar-refractivity contribution in [2.45, 2.75) is 57.1 Å². The predicted molar refractivity (Wildman–Crippen MR) is 100.0 cm³/mol. The van der Waals surface area contributed by atoms with Crippen LogP contribution in [0.2, 0.25) is 0 Å². The smallest absolute Gasteiger partial charge is 0.432 e. The highest BCUT2D eigenvalue weighted by Crippen LogP contribution is 2.44. The fraction of sp³-hybridized carbons (Fsp3) is 0.550. The van der Waals surface area contributed by atoms with Gasteiger partial charge in [0, 0.05) is 12.7 Å². The van der Waals surface area contributed by atoms with Gasteiger partial charge in [-0.1, -0.05) is 44.2 Å². The molecule has 0 aliphatic carbocycles. The van der Waals surface area contributed by atoms with Gasteiger partial charge in [-0.3, -0.25) is 9.59 Å². The summed E-state index contributed by atoms with van der Waals surface area (Å²) in [5.41, 5.74) is -6.19. The Kier molecular flexibility index (Phi) is 8.59. The van der Waals surface area contributed by atoms with E-state index in [2.05, 4.69) is 4.74 Å². The van der Waals surface area contributed by atoms with Crippen molar-refractivity contribution in [3.8, 4) is 0 Å². The van der Waals surface area contributed by atoms with Crippen molar-refractivity contribution in [1.82, 2.24) is 0 Å². The fourth-order valence-electron chi connectivity index (χ4n) is 3.45. The summed E-state index contributed by atoms with van der Waals surface area (Å²) in [6.45, 7) is 2.80. The minimum Gasteiger partial charge on any atom is -0.481 e. The Morgan fingerprint density at radius 2 is 1.55 bits per heavy atom. The van der Waals surface area contributed by atoms with E-state index >= 15 is 0 Å². The van der Waals surface area contributed by atoms with E-state index in [-0.39, 0.29) is 12.8 Å². The average Bonchev–Trinajstić information content (AvgIpc) is 2.68. The van der Waals surface area contributed by atoms with E-state index in [4.69, 9.17) is 9.84 Å². The van der Waals surface area contributed by atoms with Crippen molar-refractivity contribution in [2.75, 3.05) is 7.11 Å². The number of hydrogen-bond acceptors (Lipinski definition) is 6. The molecule has 11 heteroatoms. The lowest BCUT2D eigenvalue weighted by atomic mass is 9.74. The minimum absolute atomic E-state index is 0.193. The van der Waals surface area contributed by atoms with Crippen LogP contribution in [0.4, 0.5) is 13.2 Å². The van der Waals surface area contributed by atoms with E-state index in [0.29, 0.717) is 7.11 Å². The van der Waals surface area contributed by atoms with Crippen LogP contribution in [0.15, 0.2) is 30.3 Å². The summed E-state index contributed by atoms with van der Waals surface area (Å²) in [7, 11) is 0.629. The highest BCUT2D eigenvalue weighted by molar-refractivity contribution is 5.83. The van der Waals surface area contributed by atoms with Crippen LogP contribution in [0.3, 0.4) is 0 Å². The molecule has 0 saturated carbocycles. The number of ether oxygens (including phenoxy) is 2. The van der Waals surface area contributed by atoms with Crippen LogP contribution in [0.25, 0.3) is 0 Å². The number of aliphatic carboxylic acids is 2. The van der Waals surface area contributed by atoms with Crippen molar-refractivity contribution in [3.63, 3.8) is 0 Å². The lowest BCUT2D eigenvalue weighted by Gasteiger charge is -2.38. The van der Waals surface area contributed by atoms with Crippen molar-refractivity contribution in [3.05, 3.63) is 35.9 Å². The summed E-state index contributed by atoms with van der Waals surface area (Å²) >= 11 is 0. The standard InChI is InChI=1S/C20H25F3O8/c1-4-18(5-2,16(27)28)15(26)13(11-14(24)25)31-17(29)19(30-3,20(21,22)23)12-9-7-6-8-10-12/h6-10,13,15,26H,4-5,11H2,1-3H3,(H,24,25)(H,27,28). The molecule has 0 amide bonds. The third-order valence-corrected chi connectivity index (χ3v) is 5.41. The van der Waals surface area contributed by atoms with Gasteiger partial charge in [-0.25, -0.2) is 4.79 Å². The van der Waals surface area contributed by atoms with Crippen LogP contribution >= 0.6 is 0 Å². The number of hydrogen-bond donors (Lipinski definition) is 3. The first kappa shape index (κ1) is 26.4. The summed E-state index contributed by atoms with van der Waals surface area (Å²) in [5, 5.41) is 29.4. The zero-order valence-electron chi connectivity index (χ0n) is 17.2. The molecule has 0 bridgehead atoms. The van der Waals surface area contributed by atoms with Crippen LogP contribution in [-0.2, 0) is 29.5 Å². The lowest BCUT2D eigenvalue weighted by Crippen LogP contribution is -2.55. The minimum atomic E-state index is -5.32. The van der Waals surface area contributed by atoms with Crippen molar-refractivity contribution >= 4 is 17.9 Å². The Bertz CT molecular complexity index is 776. The number of carboxylic acid groups (broad SMARTS) is 2. The van der Waals surface area contributed by atoms with Crippen molar-refractivity contribution in [1.29, 1.82) is 0 Å². The molecule has 31 heavy (non-hydrogen) atoms. The number of aliphatic hydroxyl groups is 1. The summed E-state index contributed by atoms with van der Waals surface area (Å²) in [6, 6.07) is 5.82. The first-order chi connectivity index (χ1) is 14.3. The van der Waals surface area contributed by atoms with Gasteiger partial charge in [0.05, 0.1) is 11.8 Å². The number of esters is 1. The van der Waals surface area contributed by atoms with E-state index in [1.54, 1.807) is 0 Å². The quantitative estimate of drug-likeness (QED) is 0.439. The highest BCUT2D eigenvalue weighted by atomic mass is 19.4. The molecule has 0 aliphatic rings. The molecule has 0 saturated heterocycles. The normalized spacial score (nSPS) is 16.1. The molecule has 1 aromatic rings. The van der Waals surface area contributed by atoms with E-state index < -0.39 is 59.3 Å². The molecule has 0 radical (unpaired) electrons. The van der Waals surface area contributed by atoms with Crippen LogP contribution in [-0.4, -0.2) is 58.7 Å². The predicted octanol–water partition coefficient (Wildman–Crippen LogP) is 2.73. The Hall–Kier alpha value is -2.66. The highest BCUT2D eigenvalue weighted by Gasteiger charge is 2.65. The Labute approximate surface area is 176 Å². The Morgan fingerprint density at radius 3 is 1.90 bits per heavy atom. The van der Waals surface area contributed by atoms with Gasteiger partial charge in [0.2, 0.25) is 0 Å². The number of carboxylic acids is 2. The Balaban J connectivity index is 3.52. The van der Waals surface area contributed by atoms with Crippen LogP contribution in [0.1, 0.15) is 38.7 Å². The average molecular weight is 450 g/mol. The third-order valence-electron chi connectivity index (χ3n) is 5.41. The summed E-state index contributed by atoms with van der Waals surface area (Å²) in [5.74, 6) is -5.14. The molecule has 0 fully saturated rings. The molecule has 0 aliphatic heterocycles. The molecule has 3 N–H and O–H groups in total. The van der Waals surface area contributed by atoms with Gasteiger partial charge in [-0.15, -0.1) is 0 Å². The zero-order valence-corrected chi connectivity index (χ0v) is 17.2. The summed E-state index contributed by atoms with van der Waals surface area (Å²) in [6.07, 6.45) is -11.0. The zero-order chi connectivity index (χ0) is 24.0. The van der Waals surface area contributed by atoms with Gasteiger partial charge in [0.15, 0.2) is 0 Å². The second kappa shape index (κ2) is 10.1. The largest absolute Gasteiger partial charge is 0.481 e.